The molecule has 1 aromatic heterocycles. The molecule has 0 aliphatic carbocycles. The molecular formula is C18H12F3N5O. The SMILES string of the molecule is N#Cc1ccc(/C=N/NC(=O)Cn2c(C(F)(F)F)nc3ccccc32)cc1. The molecule has 136 valence electrons. The monoisotopic (exact) mass is 371 g/mol. The van der Waals surface area contributed by atoms with E-state index in [1.165, 1.54) is 18.3 Å². The van der Waals surface area contributed by atoms with E-state index >= 15 is 0 Å². The molecule has 1 heterocycles. The van der Waals surface area contributed by atoms with Crippen LogP contribution in [0.5, 0.6) is 0 Å². The fraction of sp³-hybridized carbons (Fsp3) is 0.111. The number of para-hydroxylation sites is 2. The van der Waals surface area contributed by atoms with Crippen LogP contribution in [0.15, 0.2) is 53.6 Å². The second kappa shape index (κ2) is 7.29. The maximum absolute atomic E-state index is 13.2. The minimum absolute atomic E-state index is 0.152. The van der Waals surface area contributed by atoms with Crippen molar-refractivity contribution in [2.75, 3.05) is 0 Å². The van der Waals surface area contributed by atoms with Gasteiger partial charge in [0.2, 0.25) is 5.82 Å². The van der Waals surface area contributed by atoms with E-state index in [0.717, 1.165) is 4.57 Å². The molecule has 9 heteroatoms. The number of amides is 1. The van der Waals surface area contributed by atoms with Gasteiger partial charge >= 0.3 is 6.18 Å². The van der Waals surface area contributed by atoms with E-state index in [1.807, 2.05) is 6.07 Å². The average molecular weight is 371 g/mol. The lowest BCUT2D eigenvalue weighted by atomic mass is 10.2. The van der Waals surface area contributed by atoms with E-state index < -0.39 is 24.5 Å². The molecule has 0 radical (unpaired) electrons. The van der Waals surface area contributed by atoms with Crippen LogP contribution in [0.2, 0.25) is 0 Å². The number of fused-ring (bicyclic) bond motifs is 1. The number of rotatable bonds is 4. The fourth-order valence-electron chi connectivity index (χ4n) is 2.45. The van der Waals surface area contributed by atoms with Crippen molar-refractivity contribution >= 4 is 23.2 Å². The Labute approximate surface area is 151 Å². The lowest BCUT2D eigenvalue weighted by Crippen LogP contribution is -2.26. The van der Waals surface area contributed by atoms with E-state index in [1.54, 1.807) is 36.4 Å². The maximum Gasteiger partial charge on any atom is 0.449 e. The summed E-state index contributed by atoms with van der Waals surface area (Å²) < 4.78 is 40.4. The number of hydrazone groups is 1. The summed E-state index contributed by atoms with van der Waals surface area (Å²) in [7, 11) is 0. The first-order chi connectivity index (χ1) is 12.9. The van der Waals surface area contributed by atoms with Crippen LogP contribution in [0.4, 0.5) is 13.2 Å². The van der Waals surface area contributed by atoms with Gasteiger partial charge in [-0.2, -0.15) is 23.5 Å². The third kappa shape index (κ3) is 4.12. The summed E-state index contributed by atoms with van der Waals surface area (Å²) in [4.78, 5) is 15.6. The van der Waals surface area contributed by atoms with E-state index in [9.17, 15) is 18.0 Å². The highest BCUT2D eigenvalue weighted by Gasteiger charge is 2.37. The normalized spacial score (nSPS) is 11.6. The number of aromatic nitrogens is 2. The van der Waals surface area contributed by atoms with Crippen molar-refractivity contribution in [2.45, 2.75) is 12.7 Å². The Kier molecular flexibility index (Phi) is 4.90. The standard InChI is InChI=1S/C18H12F3N5O/c19-18(20,21)17-24-14-3-1-2-4-15(14)26(17)11-16(27)25-23-10-13-7-5-12(9-22)6-8-13/h1-8,10H,11H2,(H,25,27)/b23-10+. The number of nitrogens with zero attached hydrogens (tertiary/aromatic N) is 4. The Balaban J connectivity index is 1.76. The molecule has 2 aromatic carbocycles. The van der Waals surface area contributed by atoms with E-state index in [4.69, 9.17) is 5.26 Å². The second-order valence-corrected chi connectivity index (χ2v) is 5.54. The summed E-state index contributed by atoms with van der Waals surface area (Å²) in [6, 6.07) is 14.4. The molecule has 1 N–H and O–H groups in total. The Morgan fingerprint density at radius 2 is 1.93 bits per heavy atom. The van der Waals surface area contributed by atoms with Crippen molar-refractivity contribution in [3.8, 4) is 6.07 Å². The molecule has 0 saturated heterocycles. The Morgan fingerprint density at radius 1 is 1.22 bits per heavy atom. The van der Waals surface area contributed by atoms with Crippen LogP contribution in [0.3, 0.4) is 0 Å². The Bertz CT molecular complexity index is 1050. The van der Waals surface area contributed by atoms with Gasteiger partial charge in [0.25, 0.3) is 5.91 Å². The number of carbonyl (C=O) groups is 1. The van der Waals surface area contributed by atoms with Crippen LogP contribution < -0.4 is 5.43 Å². The number of nitrogens with one attached hydrogen (secondary N) is 1. The molecular weight excluding hydrogens is 359 g/mol. The predicted molar refractivity (Wildman–Crippen MR) is 91.6 cm³/mol. The van der Waals surface area contributed by atoms with Gasteiger partial charge in [-0.3, -0.25) is 4.79 Å². The number of carbonyl (C=O) groups excluding carboxylic acids is 1. The van der Waals surface area contributed by atoms with Crippen LogP contribution in [-0.2, 0) is 17.5 Å². The molecule has 3 rings (SSSR count). The van der Waals surface area contributed by atoms with Gasteiger partial charge < -0.3 is 4.57 Å². The zero-order valence-electron chi connectivity index (χ0n) is 13.7. The summed E-state index contributed by atoms with van der Waals surface area (Å²) in [6.07, 6.45) is -3.36. The molecule has 3 aromatic rings. The number of imidazole rings is 1. The summed E-state index contributed by atoms with van der Waals surface area (Å²) in [5.74, 6) is -1.87. The van der Waals surface area contributed by atoms with Crippen molar-refractivity contribution < 1.29 is 18.0 Å². The number of hydrogen-bond acceptors (Lipinski definition) is 4. The zero-order chi connectivity index (χ0) is 19.4. The minimum atomic E-state index is -4.69. The Morgan fingerprint density at radius 3 is 2.59 bits per heavy atom. The molecule has 0 atom stereocenters. The molecule has 0 unspecified atom stereocenters. The van der Waals surface area contributed by atoms with Crippen LogP contribution in [0.1, 0.15) is 17.0 Å². The predicted octanol–water partition coefficient (Wildman–Crippen LogP) is 3.08. The average Bonchev–Trinajstić information content (AvgIpc) is 3.01. The van der Waals surface area contributed by atoms with E-state index in [0.29, 0.717) is 11.1 Å². The molecule has 1 amide bonds. The highest BCUT2D eigenvalue weighted by atomic mass is 19.4. The largest absolute Gasteiger partial charge is 0.449 e. The lowest BCUT2D eigenvalue weighted by molar-refractivity contribution is -0.147. The first kappa shape index (κ1) is 18.1. The smallest absolute Gasteiger partial charge is 0.311 e. The number of benzene rings is 2. The number of halogens is 3. The van der Waals surface area contributed by atoms with E-state index in [2.05, 4.69) is 15.5 Å². The van der Waals surface area contributed by atoms with Gasteiger partial charge in [-0.1, -0.05) is 24.3 Å². The highest BCUT2D eigenvalue weighted by Crippen LogP contribution is 2.31. The third-order valence-corrected chi connectivity index (χ3v) is 3.65. The van der Waals surface area contributed by atoms with Crippen LogP contribution in [-0.4, -0.2) is 21.7 Å². The molecule has 0 bridgehead atoms. The van der Waals surface area contributed by atoms with Crippen molar-refractivity contribution in [3.63, 3.8) is 0 Å². The van der Waals surface area contributed by atoms with Crippen molar-refractivity contribution in [3.05, 3.63) is 65.5 Å². The lowest BCUT2D eigenvalue weighted by Gasteiger charge is -2.10. The first-order valence-corrected chi connectivity index (χ1v) is 7.73. The van der Waals surface area contributed by atoms with Gasteiger partial charge in [0.1, 0.15) is 6.54 Å². The van der Waals surface area contributed by atoms with Gasteiger partial charge in [0.05, 0.1) is 28.9 Å². The van der Waals surface area contributed by atoms with Crippen LogP contribution in [0, 0.1) is 11.3 Å². The van der Waals surface area contributed by atoms with Crippen LogP contribution >= 0.6 is 0 Å². The van der Waals surface area contributed by atoms with Crippen molar-refractivity contribution in [1.29, 1.82) is 5.26 Å². The maximum atomic E-state index is 13.2. The zero-order valence-corrected chi connectivity index (χ0v) is 13.7. The molecule has 6 nitrogen and oxygen atoms in total. The second-order valence-electron chi connectivity index (χ2n) is 5.54. The Hall–Kier alpha value is -3.67. The molecule has 27 heavy (non-hydrogen) atoms. The van der Waals surface area contributed by atoms with Gasteiger partial charge in [-0.25, -0.2) is 10.4 Å². The van der Waals surface area contributed by atoms with Crippen LogP contribution in [0.25, 0.3) is 11.0 Å². The summed E-state index contributed by atoms with van der Waals surface area (Å²) in [5.41, 5.74) is 3.65. The molecule has 0 saturated carbocycles. The quantitative estimate of drug-likeness (QED) is 0.565. The summed E-state index contributed by atoms with van der Waals surface area (Å²) in [5, 5.41) is 12.5. The minimum Gasteiger partial charge on any atom is -0.311 e. The number of nitriles is 1. The summed E-state index contributed by atoms with van der Waals surface area (Å²) >= 11 is 0. The van der Waals surface area contributed by atoms with Gasteiger partial charge in [-0.05, 0) is 29.8 Å². The molecule has 0 aliphatic heterocycles. The molecule has 0 aliphatic rings. The fourth-order valence-corrected chi connectivity index (χ4v) is 2.45. The highest BCUT2D eigenvalue weighted by molar-refractivity contribution is 5.84. The van der Waals surface area contributed by atoms with E-state index in [-0.39, 0.29) is 11.0 Å². The van der Waals surface area contributed by atoms with Gasteiger partial charge in [0.15, 0.2) is 0 Å². The van der Waals surface area contributed by atoms with Gasteiger partial charge in [0, 0.05) is 0 Å². The first-order valence-electron chi connectivity index (χ1n) is 7.73. The third-order valence-electron chi connectivity index (χ3n) is 3.65. The molecule has 0 spiro atoms. The number of alkyl halides is 3. The van der Waals surface area contributed by atoms with Gasteiger partial charge in [-0.15, -0.1) is 0 Å². The van der Waals surface area contributed by atoms with Crippen molar-refractivity contribution in [2.24, 2.45) is 5.10 Å². The van der Waals surface area contributed by atoms with Crippen molar-refractivity contribution in [1.82, 2.24) is 15.0 Å². The summed E-state index contributed by atoms with van der Waals surface area (Å²) in [6.45, 7) is -0.583. The molecule has 0 fully saturated rings. The number of hydrogen-bond donors (Lipinski definition) is 1. The topological polar surface area (TPSA) is 83.1 Å².